The lowest BCUT2D eigenvalue weighted by atomic mass is 10.2. The molecule has 0 unspecified atom stereocenters. The van der Waals surface area contributed by atoms with Crippen molar-refractivity contribution < 1.29 is 9.53 Å². The van der Waals surface area contributed by atoms with Crippen molar-refractivity contribution in [2.24, 2.45) is 5.92 Å². The van der Waals surface area contributed by atoms with E-state index in [2.05, 4.69) is 0 Å². The highest BCUT2D eigenvalue weighted by atomic mass is 35.5. The Morgan fingerprint density at radius 3 is 2.55 bits per heavy atom. The van der Waals surface area contributed by atoms with Crippen LogP contribution in [-0.2, 0) is 9.53 Å². The van der Waals surface area contributed by atoms with Crippen molar-refractivity contribution >= 4 is 17.6 Å². The van der Waals surface area contributed by atoms with Crippen LogP contribution in [0.15, 0.2) is 11.1 Å². The van der Waals surface area contributed by atoms with Gasteiger partial charge in [-0.3, -0.25) is 0 Å². The van der Waals surface area contributed by atoms with Gasteiger partial charge in [0, 0.05) is 11.1 Å². The van der Waals surface area contributed by atoms with Gasteiger partial charge in [0.25, 0.3) is 0 Å². The molecule has 0 N–H and O–H groups in total. The average molecular weight is 177 g/mol. The molecule has 0 spiro atoms. The van der Waals surface area contributed by atoms with Crippen LogP contribution in [0.5, 0.6) is 0 Å². The second-order valence-corrected chi connectivity index (χ2v) is 3.35. The highest BCUT2D eigenvalue weighted by Gasteiger charge is 1.99. The van der Waals surface area contributed by atoms with E-state index in [-0.39, 0.29) is 5.97 Å². The van der Waals surface area contributed by atoms with Crippen LogP contribution in [0.2, 0.25) is 0 Å². The maximum absolute atomic E-state index is 10.8. The standard InChI is InChI=1S/C8H13ClO2/c1-6(2)5-11-8(10)4-7(3)9/h4,6H,5H2,1-3H3/b7-4-. The Labute approximate surface area is 72.2 Å². The summed E-state index contributed by atoms with van der Waals surface area (Å²) in [6, 6.07) is 0. The smallest absolute Gasteiger partial charge is 0.331 e. The van der Waals surface area contributed by atoms with Gasteiger partial charge in [0.15, 0.2) is 0 Å². The number of carbonyl (C=O) groups excluding carboxylic acids is 1. The van der Waals surface area contributed by atoms with E-state index in [1.54, 1.807) is 6.92 Å². The van der Waals surface area contributed by atoms with E-state index < -0.39 is 0 Å². The van der Waals surface area contributed by atoms with Crippen LogP contribution in [0.3, 0.4) is 0 Å². The fraction of sp³-hybridized carbons (Fsp3) is 0.625. The van der Waals surface area contributed by atoms with Crippen LogP contribution in [-0.4, -0.2) is 12.6 Å². The zero-order valence-corrected chi connectivity index (χ0v) is 7.81. The lowest BCUT2D eigenvalue weighted by Gasteiger charge is -2.03. The molecule has 0 bridgehead atoms. The first-order valence-corrected chi connectivity index (χ1v) is 3.90. The Balaban J connectivity index is 3.63. The molecule has 64 valence electrons. The maximum Gasteiger partial charge on any atom is 0.331 e. The fourth-order valence-corrected chi connectivity index (χ4v) is 0.542. The van der Waals surface area contributed by atoms with Crippen molar-refractivity contribution in [2.45, 2.75) is 20.8 Å². The largest absolute Gasteiger partial charge is 0.462 e. The highest BCUT2D eigenvalue weighted by molar-refractivity contribution is 6.30. The number of halogens is 1. The zero-order valence-electron chi connectivity index (χ0n) is 7.06. The number of hydrogen-bond donors (Lipinski definition) is 0. The third-order valence-corrected chi connectivity index (χ3v) is 0.985. The summed E-state index contributed by atoms with van der Waals surface area (Å²) in [5.41, 5.74) is 0. The van der Waals surface area contributed by atoms with Crippen LogP contribution in [0.1, 0.15) is 20.8 Å². The highest BCUT2D eigenvalue weighted by Crippen LogP contribution is 1.99. The predicted molar refractivity (Wildman–Crippen MR) is 45.4 cm³/mol. The number of allylic oxidation sites excluding steroid dienone is 1. The van der Waals surface area contributed by atoms with Gasteiger partial charge in [-0.2, -0.15) is 0 Å². The molecule has 0 fully saturated rings. The van der Waals surface area contributed by atoms with E-state index in [1.807, 2.05) is 13.8 Å². The second kappa shape index (κ2) is 5.19. The zero-order chi connectivity index (χ0) is 8.85. The van der Waals surface area contributed by atoms with Crippen molar-refractivity contribution in [3.8, 4) is 0 Å². The summed E-state index contributed by atoms with van der Waals surface area (Å²) in [5, 5.41) is 0.443. The minimum Gasteiger partial charge on any atom is -0.462 e. The van der Waals surface area contributed by atoms with E-state index in [0.717, 1.165) is 0 Å². The van der Waals surface area contributed by atoms with Crippen molar-refractivity contribution in [1.29, 1.82) is 0 Å². The molecule has 0 aromatic rings. The van der Waals surface area contributed by atoms with Gasteiger partial charge < -0.3 is 4.74 Å². The maximum atomic E-state index is 10.8. The van der Waals surface area contributed by atoms with Gasteiger partial charge in [-0.15, -0.1) is 0 Å². The second-order valence-electron chi connectivity index (χ2n) is 2.75. The molecule has 0 saturated heterocycles. The molecule has 0 atom stereocenters. The van der Waals surface area contributed by atoms with Crippen LogP contribution >= 0.6 is 11.6 Å². The molecule has 0 aliphatic heterocycles. The van der Waals surface area contributed by atoms with E-state index in [9.17, 15) is 4.79 Å². The number of rotatable bonds is 3. The van der Waals surface area contributed by atoms with Gasteiger partial charge in [0.1, 0.15) is 0 Å². The minimum absolute atomic E-state index is 0.364. The third-order valence-electron chi connectivity index (χ3n) is 0.876. The van der Waals surface area contributed by atoms with Crippen molar-refractivity contribution in [2.75, 3.05) is 6.61 Å². The average Bonchev–Trinajstić information content (AvgIpc) is 1.82. The Kier molecular flexibility index (Phi) is 4.95. The minimum atomic E-state index is -0.369. The van der Waals surface area contributed by atoms with E-state index in [1.165, 1.54) is 6.08 Å². The molecule has 0 aliphatic carbocycles. The summed E-state index contributed by atoms with van der Waals surface area (Å²) in [5.74, 6) is -0.00539. The first kappa shape index (κ1) is 10.5. The normalized spacial score (nSPS) is 11.9. The first-order valence-electron chi connectivity index (χ1n) is 3.53. The van der Waals surface area contributed by atoms with Gasteiger partial charge in [-0.05, 0) is 12.8 Å². The molecular weight excluding hydrogens is 164 g/mol. The fourth-order valence-electron chi connectivity index (χ4n) is 0.453. The number of hydrogen-bond acceptors (Lipinski definition) is 2. The molecule has 2 nitrogen and oxygen atoms in total. The van der Waals surface area contributed by atoms with Gasteiger partial charge in [-0.25, -0.2) is 4.79 Å². The molecular formula is C8H13ClO2. The molecule has 11 heavy (non-hydrogen) atoms. The van der Waals surface area contributed by atoms with Crippen LogP contribution in [0.4, 0.5) is 0 Å². The molecule has 0 heterocycles. The summed E-state index contributed by atoms with van der Waals surface area (Å²) < 4.78 is 4.81. The molecule has 0 aromatic carbocycles. The summed E-state index contributed by atoms with van der Waals surface area (Å²) in [7, 11) is 0. The van der Waals surface area contributed by atoms with Gasteiger partial charge in [0.05, 0.1) is 6.61 Å². The quantitative estimate of drug-likeness (QED) is 0.488. The van der Waals surface area contributed by atoms with Crippen LogP contribution in [0, 0.1) is 5.92 Å². The monoisotopic (exact) mass is 176 g/mol. The third kappa shape index (κ3) is 7.40. The molecule has 0 saturated carbocycles. The van der Waals surface area contributed by atoms with Crippen molar-refractivity contribution in [3.05, 3.63) is 11.1 Å². The Bertz CT molecular complexity index is 157. The predicted octanol–water partition coefficient (Wildman–Crippen LogP) is 2.33. The van der Waals surface area contributed by atoms with E-state index >= 15 is 0 Å². The Hall–Kier alpha value is -0.500. The number of ether oxygens (including phenoxy) is 1. The topological polar surface area (TPSA) is 26.3 Å². The Morgan fingerprint density at radius 2 is 2.18 bits per heavy atom. The number of carbonyl (C=O) groups is 1. The first-order chi connectivity index (χ1) is 5.02. The van der Waals surface area contributed by atoms with Gasteiger partial charge in [-0.1, -0.05) is 25.4 Å². The summed E-state index contributed by atoms with van der Waals surface area (Å²) >= 11 is 5.45. The summed E-state index contributed by atoms with van der Waals surface area (Å²) in [6.07, 6.45) is 1.27. The van der Waals surface area contributed by atoms with Crippen molar-refractivity contribution in [1.82, 2.24) is 0 Å². The lowest BCUT2D eigenvalue weighted by molar-refractivity contribution is -0.138. The Morgan fingerprint density at radius 1 is 1.64 bits per heavy atom. The molecule has 0 rings (SSSR count). The molecule has 3 heteroatoms. The SMILES string of the molecule is C/C(Cl)=C/C(=O)OCC(C)C. The number of esters is 1. The van der Waals surface area contributed by atoms with Gasteiger partial charge in [0.2, 0.25) is 0 Å². The van der Waals surface area contributed by atoms with E-state index in [4.69, 9.17) is 16.3 Å². The van der Waals surface area contributed by atoms with Gasteiger partial charge >= 0.3 is 5.97 Å². The summed E-state index contributed by atoms with van der Waals surface area (Å²) in [4.78, 5) is 10.8. The van der Waals surface area contributed by atoms with Crippen molar-refractivity contribution in [3.63, 3.8) is 0 Å². The molecule has 0 aromatic heterocycles. The van der Waals surface area contributed by atoms with Crippen LogP contribution < -0.4 is 0 Å². The molecule has 0 amide bonds. The molecule has 0 radical (unpaired) electrons. The van der Waals surface area contributed by atoms with Crippen LogP contribution in [0.25, 0.3) is 0 Å². The van der Waals surface area contributed by atoms with E-state index in [0.29, 0.717) is 17.6 Å². The molecule has 0 aliphatic rings. The summed E-state index contributed by atoms with van der Waals surface area (Å²) in [6.45, 7) is 6.03. The lowest BCUT2D eigenvalue weighted by Crippen LogP contribution is -2.07.